The lowest BCUT2D eigenvalue weighted by Crippen LogP contribution is -2.35. The highest BCUT2D eigenvalue weighted by Gasteiger charge is 2.35. The van der Waals surface area contributed by atoms with Gasteiger partial charge in [-0.1, -0.05) is 12.1 Å². The van der Waals surface area contributed by atoms with Gasteiger partial charge >= 0.3 is 5.97 Å². The topological polar surface area (TPSA) is 46.6 Å². The molecule has 0 saturated carbocycles. The number of hydrogen-bond donors (Lipinski definition) is 0. The summed E-state index contributed by atoms with van der Waals surface area (Å²) in [5.41, 5.74) is 1.75. The molecule has 4 nitrogen and oxygen atoms in total. The molecule has 20 heavy (non-hydrogen) atoms. The number of carbonyl (C=O) groups is 2. The van der Waals surface area contributed by atoms with E-state index in [-0.39, 0.29) is 18.1 Å². The van der Waals surface area contributed by atoms with Crippen LogP contribution in [0.1, 0.15) is 24.8 Å². The number of rotatable bonds is 2. The Morgan fingerprint density at radius 3 is 2.50 bits per heavy atom. The Morgan fingerprint density at radius 1 is 1.35 bits per heavy atom. The van der Waals surface area contributed by atoms with Crippen molar-refractivity contribution in [3.05, 3.63) is 46.9 Å². The SMILES string of the molecule is COC(=O)C1=C(C)N(C)C(=O)C[C@@H]1c1ccc(F)cc1. The normalized spacial score (nSPS) is 19.3. The molecule has 0 fully saturated rings. The Bertz CT molecular complexity index is 577. The minimum absolute atomic E-state index is 0.0792. The first kappa shape index (κ1) is 14.2. The van der Waals surface area contributed by atoms with Crippen LogP contribution in [0.3, 0.4) is 0 Å². The number of nitrogens with zero attached hydrogens (tertiary/aromatic N) is 1. The van der Waals surface area contributed by atoms with E-state index in [1.165, 1.54) is 24.1 Å². The van der Waals surface area contributed by atoms with Gasteiger partial charge in [-0.15, -0.1) is 0 Å². The minimum atomic E-state index is -0.462. The molecular weight excluding hydrogens is 261 g/mol. The molecule has 0 spiro atoms. The van der Waals surface area contributed by atoms with Gasteiger partial charge in [0.1, 0.15) is 5.82 Å². The summed E-state index contributed by atoms with van der Waals surface area (Å²) in [5, 5.41) is 0. The summed E-state index contributed by atoms with van der Waals surface area (Å²) in [6, 6.07) is 5.83. The van der Waals surface area contributed by atoms with E-state index in [2.05, 4.69) is 0 Å². The van der Waals surface area contributed by atoms with Gasteiger partial charge in [-0.2, -0.15) is 0 Å². The fourth-order valence-corrected chi connectivity index (χ4v) is 2.41. The van der Waals surface area contributed by atoms with Crippen molar-refractivity contribution in [1.82, 2.24) is 4.90 Å². The number of ether oxygens (including phenoxy) is 1. The number of allylic oxidation sites excluding steroid dienone is 1. The molecule has 1 aromatic carbocycles. The van der Waals surface area contributed by atoms with Crippen LogP contribution in [0, 0.1) is 5.82 Å². The summed E-state index contributed by atoms with van der Waals surface area (Å²) in [5.74, 6) is -1.29. The lowest BCUT2D eigenvalue weighted by molar-refractivity contribution is -0.137. The highest BCUT2D eigenvalue weighted by atomic mass is 19.1. The molecule has 2 rings (SSSR count). The molecule has 5 heteroatoms. The summed E-state index contributed by atoms with van der Waals surface area (Å²) in [6.07, 6.45) is 0.171. The maximum Gasteiger partial charge on any atom is 0.336 e. The Labute approximate surface area is 116 Å². The molecule has 1 heterocycles. The molecule has 0 radical (unpaired) electrons. The van der Waals surface area contributed by atoms with Crippen LogP contribution in [-0.2, 0) is 14.3 Å². The zero-order valence-corrected chi connectivity index (χ0v) is 11.6. The number of hydrogen-bond acceptors (Lipinski definition) is 3. The van der Waals surface area contributed by atoms with Gasteiger partial charge in [0.2, 0.25) is 5.91 Å². The first-order valence-electron chi connectivity index (χ1n) is 6.26. The molecule has 1 aliphatic rings. The van der Waals surface area contributed by atoms with E-state index >= 15 is 0 Å². The predicted octanol–water partition coefficient (Wildman–Crippen LogP) is 2.22. The zero-order chi connectivity index (χ0) is 14.9. The maximum atomic E-state index is 13.0. The van der Waals surface area contributed by atoms with Gasteiger partial charge in [-0.3, -0.25) is 4.79 Å². The molecule has 0 saturated heterocycles. The maximum absolute atomic E-state index is 13.0. The fourth-order valence-electron chi connectivity index (χ4n) is 2.41. The van der Waals surface area contributed by atoms with E-state index in [1.807, 2.05) is 0 Å². The summed E-state index contributed by atoms with van der Waals surface area (Å²) in [6.45, 7) is 1.71. The van der Waals surface area contributed by atoms with Crippen molar-refractivity contribution in [1.29, 1.82) is 0 Å². The number of carbonyl (C=O) groups excluding carboxylic acids is 2. The monoisotopic (exact) mass is 277 g/mol. The predicted molar refractivity (Wildman–Crippen MR) is 71.2 cm³/mol. The van der Waals surface area contributed by atoms with E-state index in [4.69, 9.17) is 4.74 Å². The largest absolute Gasteiger partial charge is 0.466 e. The van der Waals surface area contributed by atoms with E-state index in [0.29, 0.717) is 11.3 Å². The number of halogens is 1. The second-order valence-corrected chi connectivity index (χ2v) is 4.75. The molecule has 1 atom stereocenters. The standard InChI is InChI=1S/C15H16FNO3/c1-9-14(15(19)20-3)12(8-13(18)17(9)2)10-4-6-11(16)7-5-10/h4-7,12H,8H2,1-3H3/t12-/m1/s1. The molecule has 0 aromatic heterocycles. The fraction of sp³-hybridized carbons (Fsp3) is 0.333. The van der Waals surface area contributed by atoms with Crippen molar-refractivity contribution >= 4 is 11.9 Å². The molecular formula is C15H16FNO3. The molecule has 0 bridgehead atoms. The van der Waals surface area contributed by atoms with Crippen molar-refractivity contribution in [2.45, 2.75) is 19.3 Å². The molecule has 1 aromatic rings. The summed E-state index contributed by atoms with van der Waals surface area (Å²) < 4.78 is 17.8. The van der Waals surface area contributed by atoms with Crippen LogP contribution in [0.15, 0.2) is 35.5 Å². The van der Waals surface area contributed by atoms with E-state index in [0.717, 1.165) is 5.56 Å². The molecule has 0 unspecified atom stereocenters. The molecule has 0 aliphatic carbocycles. The van der Waals surface area contributed by atoms with Gasteiger partial charge in [0.15, 0.2) is 0 Å². The zero-order valence-electron chi connectivity index (χ0n) is 11.6. The quantitative estimate of drug-likeness (QED) is 0.779. The van der Waals surface area contributed by atoms with Gasteiger partial charge in [0.05, 0.1) is 12.7 Å². The molecule has 1 amide bonds. The summed E-state index contributed by atoms with van der Waals surface area (Å²) >= 11 is 0. The molecule has 0 N–H and O–H groups in total. The Hall–Kier alpha value is -2.17. The smallest absolute Gasteiger partial charge is 0.336 e. The number of methoxy groups -OCH3 is 1. The number of amides is 1. The van der Waals surface area contributed by atoms with Crippen molar-refractivity contribution in [2.24, 2.45) is 0 Å². The average Bonchev–Trinajstić information content (AvgIpc) is 2.44. The van der Waals surface area contributed by atoms with Crippen LogP contribution in [0.25, 0.3) is 0 Å². The van der Waals surface area contributed by atoms with Gasteiger partial charge in [-0.25, -0.2) is 9.18 Å². The van der Waals surface area contributed by atoms with E-state index < -0.39 is 11.9 Å². The lowest BCUT2D eigenvalue weighted by atomic mass is 9.84. The van der Waals surface area contributed by atoms with Crippen molar-refractivity contribution in [3.63, 3.8) is 0 Å². The number of benzene rings is 1. The second-order valence-electron chi connectivity index (χ2n) is 4.75. The Kier molecular flexibility index (Phi) is 3.88. The molecule has 1 aliphatic heterocycles. The first-order chi connectivity index (χ1) is 9.45. The van der Waals surface area contributed by atoms with Gasteiger partial charge in [0, 0.05) is 25.1 Å². The van der Waals surface area contributed by atoms with Crippen molar-refractivity contribution in [3.8, 4) is 0 Å². The third-order valence-corrected chi connectivity index (χ3v) is 3.67. The summed E-state index contributed by atoms with van der Waals surface area (Å²) in [7, 11) is 2.93. The average molecular weight is 277 g/mol. The van der Waals surface area contributed by atoms with Crippen LogP contribution >= 0.6 is 0 Å². The Balaban J connectivity index is 2.51. The second kappa shape index (κ2) is 5.45. The third kappa shape index (κ3) is 2.43. The first-order valence-corrected chi connectivity index (χ1v) is 6.26. The highest BCUT2D eigenvalue weighted by molar-refractivity contribution is 5.95. The van der Waals surface area contributed by atoms with Crippen LogP contribution < -0.4 is 0 Å². The van der Waals surface area contributed by atoms with Crippen molar-refractivity contribution < 1.29 is 18.7 Å². The van der Waals surface area contributed by atoms with Gasteiger partial charge < -0.3 is 9.64 Å². The van der Waals surface area contributed by atoms with E-state index in [9.17, 15) is 14.0 Å². The van der Waals surface area contributed by atoms with Crippen LogP contribution in [0.4, 0.5) is 4.39 Å². The van der Waals surface area contributed by atoms with Crippen molar-refractivity contribution in [2.75, 3.05) is 14.2 Å². The Morgan fingerprint density at radius 2 is 1.95 bits per heavy atom. The van der Waals surface area contributed by atoms with Gasteiger partial charge in [-0.05, 0) is 24.6 Å². The van der Waals surface area contributed by atoms with Gasteiger partial charge in [0.25, 0.3) is 0 Å². The summed E-state index contributed by atoms with van der Waals surface area (Å²) in [4.78, 5) is 25.4. The highest BCUT2D eigenvalue weighted by Crippen LogP contribution is 2.36. The number of esters is 1. The molecule has 106 valence electrons. The van der Waals surface area contributed by atoms with E-state index in [1.54, 1.807) is 26.1 Å². The lowest BCUT2D eigenvalue weighted by Gasteiger charge is -2.31. The van der Waals surface area contributed by atoms with Crippen LogP contribution in [0.5, 0.6) is 0 Å². The van der Waals surface area contributed by atoms with Crippen LogP contribution in [-0.4, -0.2) is 30.9 Å². The van der Waals surface area contributed by atoms with Crippen LogP contribution in [0.2, 0.25) is 0 Å². The third-order valence-electron chi connectivity index (χ3n) is 3.67. The minimum Gasteiger partial charge on any atom is -0.466 e.